The maximum absolute atomic E-state index is 12.4. The normalized spacial score (nSPS) is 14.3. The van der Waals surface area contributed by atoms with Gasteiger partial charge in [0, 0.05) is 17.0 Å². The predicted molar refractivity (Wildman–Crippen MR) is 81.8 cm³/mol. The van der Waals surface area contributed by atoms with Crippen molar-refractivity contribution in [2.75, 3.05) is 6.54 Å². The average Bonchev–Trinajstić information content (AvgIpc) is 3.22. The standard InChI is InChI=1S/C17H19NO4/c1-10-3-6-14-12(9-22-17(14)11(10)2)7-15(19)18(8-16(20)21)13-4-5-13/h3,6,9,13H,4-5,7-8H2,1-2H3,(H,20,21). The Balaban J connectivity index is 1.84. The van der Waals surface area contributed by atoms with Gasteiger partial charge < -0.3 is 14.4 Å². The topological polar surface area (TPSA) is 70.8 Å². The van der Waals surface area contributed by atoms with Gasteiger partial charge in [-0.3, -0.25) is 9.59 Å². The molecule has 1 aliphatic rings. The fraction of sp³-hybridized carbons (Fsp3) is 0.412. The highest BCUT2D eigenvalue weighted by Gasteiger charge is 2.34. The molecule has 22 heavy (non-hydrogen) atoms. The molecule has 0 radical (unpaired) electrons. The van der Waals surface area contributed by atoms with E-state index in [9.17, 15) is 9.59 Å². The van der Waals surface area contributed by atoms with Crippen molar-refractivity contribution in [3.63, 3.8) is 0 Å². The number of carbonyl (C=O) groups excluding carboxylic acids is 1. The van der Waals surface area contributed by atoms with E-state index >= 15 is 0 Å². The molecule has 1 aromatic heterocycles. The summed E-state index contributed by atoms with van der Waals surface area (Å²) in [4.78, 5) is 24.8. The summed E-state index contributed by atoms with van der Waals surface area (Å²) in [5, 5.41) is 9.89. The fourth-order valence-corrected chi connectivity index (χ4v) is 2.74. The van der Waals surface area contributed by atoms with Crippen LogP contribution in [0.1, 0.15) is 29.5 Å². The molecule has 1 aromatic carbocycles. The van der Waals surface area contributed by atoms with Gasteiger partial charge in [-0.2, -0.15) is 0 Å². The third-order valence-corrected chi connectivity index (χ3v) is 4.30. The van der Waals surface area contributed by atoms with Crippen LogP contribution in [0.3, 0.4) is 0 Å². The summed E-state index contributed by atoms with van der Waals surface area (Å²) < 4.78 is 5.61. The monoisotopic (exact) mass is 301 g/mol. The molecule has 1 saturated carbocycles. The quantitative estimate of drug-likeness (QED) is 0.921. The first-order valence-corrected chi connectivity index (χ1v) is 7.45. The Kier molecular flexibility index (Phi) is 3.64. The van der Waals surface area contributed by atoms with Crippen LogP contribution < -0.4 is 0 Å². The summed E-state index contributed by atoms with van der Waals surface area (Å²) >= 11 is 0. The maximum atomic E-state index is 12.4. The van der Waals surface area contributed by atoms with Crippen LogP contribution in [0.2, 0.25) is 0 Å². The number of fused-ring (bicyclic) bond motifs is 1. The maximum Gasteiger partial charge on any atom is 0.323 e. The summed E-state index contributed by atoms with van der Waals surface area (Å²) in [6.07, 6.45) is 3.58. The third-order valence-electron chi connectivity index (χ3n) is 4.30. The second-order valence-electron chi connectivity index (χ2n) is 5.97. The van der Waals surface area contributed by atoms with Crippen LogP contribution in [-0.4, -0.2) is 34.5 Å². The Morgan fingerprint density at radius 2 is 2.05 bits per heavy atom. The van der Waals surface area contributed by atoms with E-state index in [2.05, 4.69) is 0 Å². The Morgan fingerprint density at radius 1 is 1.32 bits per heavy atom. The number of benzene rings is 1. The van der Waals surface area contributed by atoms with Gasteiger partial charge in [-0.05, 0) is 37.8 Å². The summed E-state index contributed by atoms with van der Waals surface area (Å²) in [7, 11) is 0. The van der Waals surface area contributed by atoms with Gasteiger partial charge in [0.2, 0.25) is 5.91 Å². The first-order valence-electron chi connectivity index (χ1n) is 7.45. The Morgan fingerprint density at radius 3 is 2.68 bits per heavy atom. The van der Waals surface area contributed by atoms with Gasteiger partial charge in [-0.25, -0.2) is 0 Å². The lowest BCUT2D eigenvalue weighted by Crippen LogP contribution is -2.38. The van der Waals surface area contributed by atoms with E-state index in [-0.39, 0.29) is 24.9 Å². The number of nitrogens with zero attached hydrogens (tertiary/aromatic N) is 1. The number of aryl methyl sites for hydroxylation is 2. The van der Waals surface area contributed by atoms with Crippen LogP contribution in [0.5, 0.6) is 0 Å². The molecule has 0 aliphatic heterocycles. The van der Waals surface area contributed by atoms with Crippen molar-refractivity contribution in [3.05, 3.63) is 35.1 Å². The molecule has 0 bridgehead atoms. The second-order valence-corrected chi connectivity index (χ2v) is 5.97. The van der Waals surface area contributed by atoms with Crippen molar-refractivity contribution in [2.45, 2.75) is 39.2 Å². The third kappa shape index (κ3) is 2.71. The van der Waals surface area contributed by atoms with Gasteiger partial charge in [0.05, 0.1) is 12.7 Å². The zero-order valence-corrected chi connectivity index (χ0v) is 12.8. The molecular weight excluding hydrogens is 282 g/mol. The van der Waals surface area contributed by atoms with Crippen LogP contribution >= 0.6 is 0 Å². The van der Waals surface area contributed by atoms with E-state index in [0.717, 1.165) is 40.5 Å². The molecule has 0 saturated heterocycles. The SMILES string of the molecule is Cc1ccc2c(CC(=O)N(CC(=O)O)C3CC3)coc2c1C. The molecule has 1 heterocycles. The van der Waals surface area contributed by atoms with E-state index in [4.69, 9.17) is 9.52 Å². The lowest BCUT2D eigenvalue weighted by Gasteiger charge is -2.19. The van der Waals surface area contributed by atoms with Gasteiger partial charge in [0.25, 0.3) is 0 Å². The highest BCUT2D eigenvalue weighted by atomic mass is 16.4. The van der Waals surface area contributed by atoms with E-state index in [0.29, 0.717) is 0 Å². The van der Waals surface area contributed by atoms with Crippen molar-refractivity contribution in [3.8, 4) is 0 Å². The molecule has 5 heteroatoms. The van der Waals surface area contributed by atoms with Crippen molar-refractivity contribution < 1.29 is 19.1 Å². The summed E-state index contributed by atoms with van der Waals surface area (Å²) in [6, 6.07) is 4.06. The van der Waals surface area contributed by atoms with Crippen LogP contribution in [0.15, 0.2) is 22.8 Å². The first kappa shape index (κ1) is 14.6. The minimum Gasteiger partial charge on any atom is -0.480 e. The van der Waals surface area contributed by atoms with E-state index in [1.807, 2.05) is 26.0 Å². The van der Waals surface area contributed by atoms with Crippen molar-refractivity contribution in [1.82, 2.24) is 4.90 Å². The smallest absolute Gasteiger partial charge is 0.323 e. The number of rotatable bonds is 5. The van der Waals surface area contributed by atoms with Gasteiger partial charge >= 0.3 is 5.97 Å². The number of aliphatic carboxylic acids is 1. The number of carboxylic acid groups (broad SMARTS) is 1. The molecule has 1 amide bonds. The van der Waals surface area contributed by atoms with E-state index in [1.165, 1.54) is 4.90 Å². The number of carboxylic acids is 1. The number of hydrogen-bond acceptors (Lipinski definition) is 3. The fourth-order valence-electron chi connectivity index (χ4n) is 2.74. The van der Waals surface area contributed by atoms with Gasteiger partial charge in [-0.1, -0.05) is 12.1 Å². The molecule has 5 nitrogen and oxygen atoms in total. The Labute approximate surface area is 128 Å². The average molecular weight is 301 g/mol. The van der Waals surface area contributed by atoms with Gasteiger partial charge in [0.1, 0.15) is 12.1 Å². The second kappa shape index (κ2) is 5.48. The molecular formula is C17H19NO4. The largest absolute Gasteiger partial charge is 0.480 e. The van der Waals surface area contributed by atoms with Gasteiger partial charge in [-0.15, -0.1) is 0 Å². The molecule has 1 aliphatic carbocycles. The Hall–Kier alpha value is -2.30. The highest BCUT2D eigenvalue weighted by molar-refractivity contribution is 5.90. The summed E-state index contributed by atoms with van der Waals surface area (Å²) in [6.45, 7) is 3.79. The number of carbonyl (C=O) groups is 2. The van der Waals surface area contributed by atoms with Crippen LogP contribution in [-0.2, 0) is 16.0 Å². The van der Waals surface area contributed by atoms with Crippen LogP contribution in [0, 0.1) is 13.8 Å². The molecule has 3 rings (SSSR count). The van der Waals surface area contributed by atoms with E-state index in [1.54, 1.807) is 6.26 Å². The predicted octanol–water partition coefficient (Wildman–Crippen LogP) is 2.67. The molecule has 0 atom stereocenters. The van der Waals surface area contributed by atoms with Crippen LogP contribution in [0.4, 0.5) is 0 Å². The Bertz CT molecular complexity index is 742. The van der Waals surface area contributed by atoms with E-state index < -0.39 is 5.97 Å². The van der Waals surface area contributed by atoms with Crippen molar-refractivity contribution in [1.29, 1.82) is 0 Å². The minimum atomic E-state index is -0.969. The van der Waals surface area contributed by atoms with Crippen molar-refractivity contribution >= 4 is 22.8 Å². The lowest BCUT2D eigenvalue weighted by molar-refractivity contribution is -0.144. The first-order chi connectivity index (χ1) is 10.5. The van der Waals surface area contributed by atoms with Crippen molar-refractivity contribution in [2.24, 2.45) is 0 Å². The molecule has 0 spiro atoms. The molecule has 0 unspecified atom stereocenters. The minimum absolute atomic E-state index is 0.0887. The summed E-state index contributed by atoms with van der Waals surface area (Å²) in [5.41, 5.74) is 3.84. The zero-order chi connectivity index (χ0) is 15.9. The molecule has 116 valence electrons. The highest BCUT2D eigenvalue weighted by Crippen LogP contribution is 2.30. The lowest BCUT2D eigenvalue weighted by atomic mass is 10.0. The number of hydrogen-bond donors (Lipinski definition) is 1. The number of amides is 1. The zero-order valence-electron chi connectivity index (χ0n) is 12.8. The van der Waals surface area contributed by atoms with Crippen LogP contribution in [0.25, 0.3) is 11.0 Å². The molecule has 1 N–H and O–H groups in total. The molecule has 1 fully saturated rings. The summed E-state index contributed by atoms with van der Waals surface area (Å²) in [5.74, 6) is -1.12. The molecule has 2 aromatic rings. The van der Waals surface area contributed by atoms with Gasteiger partial charge in [0.15, 0.2) is 0 Å². The number of furan rings is 1.